The molecule has 0 amide bonds. The summed E-state index contributed by atoms with van der Waals surface area (Å²) in [6.45, 7) is 2.16. The van der Waals surface area contributed by atoms with E-state index < -0.39 is 0 Å². The number of anilines is 1. The number of rotatable bonds is 2. The number of fused-ring (bicyclic) bond motifs is 2. The van der Waals surface area contributed by atoms with E-state index in [1.165, 1.54) is 5.56 Å². The van der Waals surface area contributed by atoms with Crippen molar-refractivity contribution in [3.05, 3.63) is 77.5 Å². The summed E-state index contributed by atoms with van der Waals surface area (Å²) >= 11 is 0. The van der Waals surface area contributed by atoms with E-state index in [0.29, 0.717) is 0 Å². The van der Waals surface area contributed by atoms with E-state index >= 15 is 0 Å². The highest BCUT2D eigenvalue weighted by atomic mass is 15.3. The van der Waals surface area contributed by atoms with Crippen molar-refractivity contribution in [2.75, 3.05) is 5.73 Å². The van der Waals surface area contributed by atoms with Crippen molar-refractivity contribution in [3.63, 3.8) is 0 Å². The summed E-state index contributed by atoms with van der Waals surface area (Å²) in [7, 11) is 0. The minimum absolute atomic E-state index is 0.252. The maximum absolute atomic E-state index is 5.95. The first-order valence-corrected chi connectivity index (χ1v) is 8.68. The SMILES string of the molecule is CCc1ccccc1C1=Nc2ccccc2-c2nc(N)nn3ccc1c23. The number of benzene rings is 2. The smallest absolute Gasteiger partial charge is 0.238 e. The van der Waals surface area contributed by atoms with Crippen LogP contribution in [0.5, 0.6) is 0 Å². The molecule has 2 N–H and O–H groups in total. The van der Waals surface area contributed by atoms with Gasteiger partial charge in [-0.25, -0.2) is 14.5 Å². The third-order valence-electron chi connectivity index (χ3n) is 4.83. The number of hydrogen-bond donors (Lipinski definition) is 1. The predicted octanol–water partition coefficient (Wildman–Crippen LogP) is 4.02. The molecule has 126 valence electrons. The van der Waals surface area contributed by atoms with Crippen molar-refractivity contribution in [1.82, 2.24) is 14.6 Å². The van der Waals surface area contributed by atoms with E-state index in [4.69, 9.17) is 10.7 Å². The van der Waals surface area contributed by atoms with Crippen LogP contribution in [0.4, 0.5) is 11.6 Å². The number of nitrogens with zero attached hydrogens (tertiary/aromatic N) is 4. The number of aryl methyl sites for hydroxylation is 1. The van der Waals surface area contributed by atoms with Crippen LogP contribution in [0.1, 0.15) is 23.6 Å². The van der Waals surface area contributed by atoms with Gasteiger partial charge in [-0.1, -0.05) is 49.4 Å². The fourth-order valence-corrected chi connectivity index (χ4v) is 3.64. The van der Waals surface area contributed by atoms with Gasteiger partial charge in [0.05, 0.1) is 11.4 Å². The maximum atomic E-state index is 5.95. The molecule has 0 aliphatic carbocycles. The molecule has 5 nitrogen and oxygen atoms in total. The fourth-order valence-electron chi connectivity index (χ4n) is 3.64. The van der Waals surface area contributed by atoms with Gasteiger partial charge >= 0.3 is 0 Å². The normalized spacial score (nSPS) is 12.6. The van der Waals surface area contributed by atoms with Crippen molar-refractivity contribution in [2.45, 2.75) is 13.3 Å². The highest BCUT2D eigenvalue weighted by Gasteiger charge is 2.24. The maximum Gasteiger partial charge on any atom is 0.238 e. The Morgan fingerprint density at radius 3 is 2.54 bits per heavy atom. The summed E-state index contributed by atoms with van der Waals surface area (Å²) < 4.78 is 1.80. The van der Waals surface area contributed by atoms with Gasteiger partial charge in [0.1, 0.15) is 11.2 Å². The lowest BCUT2D eigenvalue weighted by Gasteiger charge is -2.10. The number of aliphatic imine (C=N–C) groups is 1. The average Bonchev–Trinajstić information content (AvgIpc) is 3.03. The summed E-state index contributed by atoms with van der Waals surface area (Å²) in [5.41, 5.74) is 14.0. The van der Waals surface area contributed by atoms with Crippen LogP contribution in [0, 0.1) is 0 Å². The van der Waals surface area contributed by atoms with Crippen molar-refractivity contribution in [1.29, 1.82) is 0 Å². The molecule has 0 saturated carbocycles. The highest BCUT2D eigenvalue weighted by Crippen LogP contribution is 2.38. The lowest BCUT2D eigenvalue weighted by molar-refractivity contribution is 0.920. The molecule has 2 aromatic carbocycles. The molecule has 26 heavy (non-hydrogen) atoms. The topological polar surface area (TPSA) is 68.6 Å². The Balaban J connectivity index is 1.93. The Labute approximate surface area is 150 Å². The molecular formula is C21H17N5. The van der Waals surface area contributed by atoms with Crippen LogP contribution in [0.3, 0.4) is 0 Å². The van der Waals surface area contributed by atoms with Crippen LogP contribution in [0.15, 0.2) is 65.8 Å². The van der Waals surface area contributed by atoms with Crippen LogP contribution in [0.2, 0.25) is 0 Å². The second kappa shape index (κ2) is 5.52. The van der Waals surface area contributed by atoms with E-state index in [-0.39, 0.29) is 5.95 Å². The highest BCUT2D eigenvalue weighted by molar-refractivity contribution is 6.21. The Morgan fingerprint density at radius 1 is 0.923 bits per heavy atom. The van der Waals surface area contributed by atoms with Crippen molar-refractivity contribution >= 4 is 22.9 Å². The lowest BCUT2D eigenvalue weighted by Crippen LogP contribution is -2.07. The quantitative estimate of drug-likeness (QED) is 0.528. The zero-order valence-corrected chi connectivity index (χ0v) is 14.3. The Kier molecular flexibility index (Phi) is 3.15. The Bertz CT molecular complexity index is 1190. The van der Waals surface area contributed by atoms with Gasteiger partial charge in [0.15, 0.2) is 0 Å². The van der Waals surface area contributed by atoms with Gasteiger partial charge in [0.25, 0.3) is 0 Å². The molecule has 0 bridgehead atoms. The molecule has 5 rings (SSSR count). The molecule has 0 radical (unpaired) electrons. The molecule has 3 heterocycles. The molecule has 0 fully saturated rings. The first-order valence-electron chi connectivity index (χ1n) is 8.68. The van der Waals surface area contributed by atoms with E-state index in [0.717, 1.165) is 45.7 Å². The number of hydrogen-bond acceptors (Lipinski definition) is 4. The molecular weight excluding hydrogens is 322 g/mol. The number of aromatic nitrogens is 3. The lowest BCUT2D eigenvalue weighted by atomic mass is 9.96. The molecule has 1 aliphatic rings. The monoisotopic (exact) mass is 339 g/mol. The Hall–Kier alpha value is -3.47. The van der Waals surface area contributed by atoms with Gasteiger partial charge < -0.3 is 5.73 Å². The first-order chi connectivity index (χ1) is 12.8. The molecule has 0 spiro atoms. The molecule has 0 saturated heterocycles. The predicted molar refractivity (Wildman–Crippen MR) is 104 cm³/mol. The van der Waals surface area contributed by atoms with Crippen LogP contribution in [-0.4, -0.2) is 20.3 Å². The van der Waals surface area contributed by atoms with Gasteiger partial charge in [-0.05, 0) is 24.1 Å². The van der Waals surface area contributed by atoms with Crippen LogP contribution < -0.4 is 5.73 Å². The van der Waals surface area contributed by atoms with E-state index in [2.05, 4.69) is 41.3 Å². The van der Waals surface area contributed by atoms with Crippen molar-refractivity contribution in [2.24, 2.45) is 4.99 Å². The number of nitrogen functional groups attached to an aromatic ring is 1. The molecule has 2 aromatic heterocycles. The minimum Gasteiger partial charge on any atom is -0.367 e. The van der Waals surface area contributed by atoms with E-state index in [1.807, 2.05) is 36.5 Å². The van der Waals surface area contributed by atoms with Gasteiger partial charge in [0, 0.05) is 22.9 Å². The van der Waals surface area contributed by atoms with Crippen LogP contribution >= 0.6 is 0 Å². The van der Waals surface area contributed by atoms with E-state index in [1.54, 1.807) is 4.52 Å². The average molecular weight is 339 g/mol. The van der Waals surface area contributed by atoms with Crippen LogP contribution in [-0.2, 0) is 6.42 Å². The van der Waals surface area contributed by atoms with Crippen molar-refractivity contribution < 1.29 is 0 Å². The standard InChI is InChI=1S/C21H17N5/c1-2-13-7-3-4-8-14(13)18-16-11-12-26-20(16)19(24-21(22)25-26)15-9-5-6-10-17(15)23-18/h3-12H,2H2,1H3,(H2,22,25). The number of para-hydroxylation sites is 1. The summed E-state index contributed by atoms with van der Waals surface area (Å²) in [6.07, 6.45) is 2.86. The molecule has 1 aliphatic heterocycles. The third-order valence-corrected chi connectivity index (χ3v) is 4.83. The largest absolute Gasteiger partial charge is 0.367 e. The molecule has 5 heteroatoms. The van der Waals surface area contributed by atoms with Gasteiger partial charge in [0.2, 0.25) is 5.95 Å². The van der Waals surface area contributed by atoms with E-state index in [9.17, 15) is 0 Å². The van der Waals surface area contributed by atoms with Gasteiger partial charge in [-0.15, -0.1) is 5.10 Å². The van der Waals surface area contributed by atoms with Crippen LogP contribution in [0.25, 0.3) is 16.8 Å². The minimum atomic E-state index is 0.252. The zero-order chi connectivity index (χ0) is 17.7. The first kappa shape index (κ1) is 14.8. The summed E-state index contributed by atoms with van der Waals surface area (Å²) in [5, 5.41) is 4.35. The molecule has 4 aromatic rings. The third kappa shape index (κ3) is 2.07. The summed E-state index contributed by atoms with van der Waals surface area (Å²) in [5.74, 6) is 0.252. The number of nitrogens with two attached hydrogens (primary N) is 1. The fraction of sp³-hybridized carbons (Fsp3) is 0.0952. The summed E-state index contributed by atoms with van der Waals surface area (Å²) in [4.78, 5) is 9.60. The Morgan fingerprint density at radius 2 is 1.69 bits per heavy atom. The second-order valence-electron chi connectivity index (χ2n) is 6.33. The molecule has 0 atom stereocenters. The zero-order valence-electron chi connectivity index (χ0n) is 14.3. The van der Waals surface area contributed by atoms with Gasteiger partial charge in [-0.2, -0.15) is 0 Å². The summed E-state index contributed by atoms with van der Waals surface area (Å²) in [6, 6.07) is 18.5. The van der Waals surface area contributed by atoms with Crippen molar-refractivity contribution in [3.8, 4) is 11.3 Å². The second-order valence-corrected chi connectivity index (χ2v) is 6.33. The van der Waals surface area contributed by atoms with Gasteiger partial charge in [-0.3, -0.25) is 0 Å². The molecule has 0 unspecified atom stereocenters.